The number of anilines is 1. The zero-order valence-electron chi connectivity index (χ0n) is 19.4. The Morgan fingerprint density at radius 1 is 0.788 bits per heavy atom. The number of pyridine rings is 1. The fourth-order valence-electron chi connectivity index (χ4n) is 4.74. The Balaban J connectivity index is 1.32. The van der Waals surface area contributed by atoms with E-state index < -0.39 is 0 Å². The summed E-state index contributed by atoms with van der Waals surface area (Å²) in [5, 5.41) is 9.36. The molecule has 0 aliphatic carbocycles. The summed E-state index contributed by atoms with van der Waals surface area (Å²) < 4.78 is 7.89. The van der Waals surface area contributed by atoms with Crippen LogP contribution in [0.1, 0.15) is 30.2 Å². The van der Waals surface area contributed by atoms with E-state index in [9.17, 15) is 0 Å². The van der Waals surface area contributed by atoms with Gasteiger partial charge in [-0.15, -0.1) is 10.2 Å². The monoisotopic (exact) mass is 447 g/mol. The van der Waals surface area contributed by atoms with Crippen molar-refractivity contribution in [3.05, 3.63) is 71.9 Å². The molecular formula is C25H33N7O. The van der Waals surface area contributed by atoms with Crippen molar-refractivity contribution in [2.75, 3.05) is 57.4 Å². The van der Waals surface area contributed by atoms with Crippen LogP contribution in [-0.2, 0) is 17.8 Å². The maximum Gasteiger partial charge on any atom is 0.147 e. The van der Waals surface area contributed by atoms with Crippen molar-refractivity contribution in [3.63, 3.8) is 0 Å². The molecule has 0 spiro atoms. The molecule has 1 atom stereocenters. The van der Waals surface area contributed by atoms with Crippen molar-refractivity contribution < 1.29 is 4.74 Å². The summed E-state index contributed by atoms with van der Waals surface area (Å²) in [7, 11) is 0. The van der Waals surface area contributed by atoms with E-state index in [4.69, 9.17) is 4.74 Å². The molecule has 0 radical (unpaired) electrons. The minimum atomic E-state index is 0.182. The van der Waals surface area contributed by atoms with Crippen LogP contribution in [0.4, 0.5) is 5.82 Å². The van der Waals surface area contributed by atoms with Gasteiger partial charge in [0.25, 0.3) is 0 Å². The molecule has 0 amide bonds. The lowest BCUT2D eigenvalue weighted by molar-refractivity contribution is 0.0324. The molecule has 5 rings (SSSR count). The molecule has 2 aliphatic rings. The summed E-state index contributed by atoms with van der Waals surface area (Å²) in [5.41, 5.74) is 1.28. The molecule has 8 heteroatoms. The third-order valence-corrected chi connectivity index (χ3v) is 6.69. The SMILES string of the molecule is C[C@@H](c1ccccc1)n1c(CN2CCOCC2)nnc1CN1CCN(c2ccccn2)CC1. The highest BCUT2D eigenvalue weighted by Gasteiger charge is 2.25. The van der Waals surface area contributed by atoms with Crippen LogP contribution < -0.4 is 4.90 Å². The minimum absolute atomic E-state index is 0.182. The van der Waals surface area contributed by atoms with Crippen LogP contribution in [-0.4, -0.2) is 82.0 Å². The standard InChI is InChI=1S/C25H33N7O/c1-21(22-7-3-2-4-8-22)32-24(27-28-25(32)20-30-15-17-33-18-16-30)19-29-11-13-31(14-12-29)23-9-5-6-10-26-23/h2-10,21H,11-20H2,1H3/t21-/m0/s1. The molecule has 4 heterocycles. The van der Waals surface area contributed by atoms with Gasteiger partial charge in [-0.3, -0.25) is 9.80 Å². The number of hydrogen-bond donors (Lipinski definition) is 0. The Hall–Kier alpha value is -2.81. The van der Waals surface area contributed by atoms with Gasteiger partial charge in [0, 0.05) is 45.5 Å². The number of hydrogen-bond acceptors (Lipinski definition) is 7. The van der Waals surface area contributed by atoms with Gasteiger partial charge in [-0.2, -0.15) is 0 Å². The summed E-state index contributed by atoms with van der Waals surface area (Å²) in [6, 6.07) is 17.0. The summed E-state index contributed by atoms with van der Waals surface area (Å²) in [6.45, 7) is 11.2. The van der Waals surface area contributed by atoms with Crippen LogP contribution in [0.2, 0.25) is 0 Å². The molecule has 0 bridgehead atoms. The summed E-state index contributed by atoms with van der Waals surface area (Å²) in [6.07, 6.45) is 1.87. The largest absolute Gasteiger partial charge is 0.379 e. The van der Waals surface area contributed by atoms with Crippen molar-refractivity contribution in [3.8, 4) is 0 Å². The van der Waals surface area contributed by atoms with E-state index in [1.54, 1.807) is 0 Å². The highest BCUT2D eigenvalue weighted by atomic mass is 16.5. The molecule has 2 fully saturated rings. The first-order chi connectivity index (χ1) is 16.3. The molecule has 2 aliphatic heterocycles. The van der Waals surface area contributed by atoms with E-state index in [1.165, 1.54) is 5.56 Å². The third kappa shape index (κ3) is 5.24. The Labute approximate surface area is 195 Å². The van der Waals surface area contributed by atoms with Crippen LogP contribution in [0.3, 0.4) is 0 Å². The molecule has 0 N–H and O–H groups in total. The van der Waals surface area contributed by atoms with E-state index in [0.29, 0.717) is 0 Å². The van der Waals surface area contributed by atoms with Crippen LogP contribution in [0.25, 0.3) is 0 Å². The van der Waals surface area contributed by atoms with Crippen LogP contribution in [0.5, 0.6) is 0 Å². The average Bonchev–Trinajstić information content (AvgIpc) is 3.27. The number of rotatable bonds is 7. The summed E-state index contributed by atoms with van der Waals surface area (Å²) in [4.78, 5) is 11.8. The van der Waals surface area contributed by atoms with Gasteiger partial charge < -0.3 is 14.2 Å². The Kier molecular flexibility index (Phi) is 6.95. The van der Waals surface area contributed by atoms with Crippen molar-refractivity contribution in [1.29, 1.82) is 0 Å². The van der Waals surface area contributed by atoms with Crippen LogP contribution in [0, 0.1) is 0 Å². The molecule has 2 aromatic heterocycles. The van der Waals surface area contributed by atoms with Crippen LogP contribution >= 0.6 is 0 Å². The molecular weight excluding hydrogens is 414 g/mol. The number of piperazine rings is 1. The average molecular weight is 448 g/mol. The number of morpholine rings is 1. The number of ether oxygens (including phenoxy) is 1. The van der Waals surface area contributed by atoms with E-state index in [-0.39, 0.29) is 6.04 Å². The second-order valence-corrected chi connectivity index (χ2v) is 8.83. The molecule has 33 heavy (non-hydrogen) atoms. The number of benzene rings is 1. The first-order valence-electron chi connectivity index (χ1n) is 11.9. The molecule has 0 unspecified atom stereocenters. The van der Waals surface area contributed by atoms with E-state index in [0.717, 1.165) is 83.0 Å². The van der Waals surface area contributed by atoms with Crippen molar-refractivity contribution >= 4 is 5.82 Å². The molecule has 2 saturated heterocycles. The Morgan fingerprint density at radius 3 is 2.06 bits per heavy atom. The lowest BCUT2D eigenvalue weighted by atomic mass is 10.1. The minimum Gasteiger partial charge on any atom is -0.379 e. The van der Waals surface area contributed by atoms with Crippen molar-refractivity contribution in [2.45, 2.75) is 26.1 Å². The van der Waals surface area contributed by atoms with Gasteiger partial charge in [0.15, 0.2) is 0 Å². The van der Waals surface area contributed by atoms with Gasteiger partial charge in [0.05, 0.1) is 32.3 Å². The van der Waals surface area contributed by atoms with E-state index in [2.05, 4.69) is 83.8 Å². The lowest BCUT2D eigenvalue weighted by Gasteiger charge is -2.35. The van der Waals surface area contributed by atoms with Gasteiger partial charge in [-0.05, 0) is 24.6 Å². The first-order valence-corrected chi connectivity index (χ1v) is 11.9. The second kappa shape index (κ2) is 10.4. The van der Waals surface area contributed by atoms with E-state index in [1.807, 2.05) is 12.3 Å². The lowest BCUT2D eigenvalue weighted by Crippen LogP contribution is -2.46. The molecule has 174 valence electrons. The normalized spacial score (nSPS) is 19.0. The van der Waals surface area contributed by atoms with Gasteiger partial charge in [-0.1, -0.05) is 36.4 Å². The molecule has 1 aromatic carbocycles. The summed E-state index contributed by atoms with van der Waals surface area (Å²) >= 11 is 0. The van der Waals surface area contributed by atoms with Gasteiger partial charge in [0.1, 0.15) is 17.5 Å². The predicted octanol–water partition coefficient (Wildman–Crippen LogP) is 2.44. The fraction of sp³-hybridized carbons (Fsp3) is 0.480. The van der Waals surface area contributed by atoms with Crippen molar-refractivity contribution in [1.82, 2.24) is 29.5 Å². The second-order valence-electron chi connectivity index (χ2n) is 8.83. The highest BCUT2D eigenvalue weighted by molar-refractivity contribution is 5.38. The van der Waals surface area contributed by atoms with Crippen molar-refractivity contribution in [2.24, 2.45) is 0 Å². The highest BCUT2D eigenvalue weighted by Crippen LogP contribution is 2.23. The van der Waals surface area contributed by atoms with Gasteiger partial charge in [-0.25, -0.2) is 4.98 Å². The number of aromatic nitrogens is 4. The first kappa shape index (κ1) is 22.0. The Morgan fingerprint density at radius 2 is 1.42 bits per heavy atom. The smallest absolute Gasteiger partial charge is 0.147 e. The quantitative estimate of drug-likeness (QED) is 0.551. The summed E-state index contributed by atoms with van der Waals surface area (Å²) in [5.74, 6) is 3.14. The maximum absolute atomic E-state index is 5.53. The Bertz CT molecular complexity index is 996. The molecule has 3 aromatic rings. The zero-order chi connectivity index (χ0) is 22.5. The topological polar surface area (TPSA) is 62.6 Å². The van der Waals surface area contributed by atoms with Gasteiger partial charge >= 0.3 is 0 Å². The number of nitrogens with zero attached hydrogens (tertiary/aromatic N) is 7. The van der Waals surface area contributed by atoms with Gasteiger partial charge in [0.2, 0.25) is 0 Å². The predicted molar refractivity (Wildman–Crippen MR) is 128 cm³/mol. The van der Waals surface area contributed by atoms with Crippen LogP contribution in [0.15, 0.2) is 54.7 Å². The van der Waals surface area contributed by atoms with E-state index >= 15 is 0 Å². The zero-order valence-corrected chi connectivity index (χ0v) is 19.4. The third-order valence-electron chi connectivity index (χ3n) is 6.69. The molecule has 8 nitrogen and oxygen atoms in total. The molecule has 0 saturated carbocycles. The maximum atomic E-state index is 5.53. The fourth-order valence-corrected chi connectivity index (χ4v) is 4.74.